The molecule has 1 heterocycles. The summed E-state index contributed by atoms with van der Waals surface area (Å²) < 4.78 is 11.8. The average Bonchev–Trinajstić information content (AvgIpc) is 2.15. The normalized spacial score (nSPS) is 28.1. The summed E-state index contributed by atoms with van der Waals surface area (Å²) in [4.78, 5) is 0. The Labute approximate surface area is 100 Å². The monoisotopic (exact) mass is 246 g/mol. The number of hydrogen-bond acceptors (Lipinski definition) is 3. The summed E-state index contributed by atoms with van der Waals surface area (Å²) in [7, 11) is -1.70. The Kier molecular flexibility index (Phi) is 4.57. The highest BCUT2D eigenvalue weighted by molar-refractivity contribution is 6.74. The second-order valence-electron chi connectivity index (χ2n) is 6.32. The van der Waals surface area contributed by atoms with Gasteiger partial charge in [-0.2, -0.15) is 0 Å². The zero-order chi connectivity index (χ0) is 12.4. The molecule has 96 valence electrons. The third-order valence-electron chi connectivity index (χ3n) is 3.78. The van der Waals surface area contributed by atoms with Gasteiger partial charge in [-0.25, -0.2) is 0 Å². The molecule has 16 heavy (non-hydrogen) atoms. The largest absolute Gasteiger partial charge is 0.412 e. The van der Waals surface area contributed by atoms with E-state index in [0.29, 0.717) is 13.2 Å². The fourth-order valence-electron chi connectivity index (χ4n) is 1.68. The molecule has 1 aliphatic rings. The van der Waals surface area contributed by atoms with Gasteiger partial charge in [-0.3, -0.25) is 0 Å². The minimum Gasteiger partial charge on any atom is -0.412 e. The Balaban J connectivity index is 2.53. The predicted octanol–water partition coefficient (Wildman–Crippen LogP) is 2.41. The van der Waals surface area contributed by atoms with Crippen LogP contribution in [0.1, 0.15) is 27.2 Å². The molecule has 1 aliphatic heterocycles. The molecule has 0 saturated carbocycles. The van der Waals surface area contributed by atoms with E-state index in [0.717, 1.165) is 6.42 Å². The summed E-state index contributed by atoms with van der Waals surface area (Å²) in [6.07, 6.45) is 1.11. The Morgan fingerprint density at radius 1 is 1.31 bits per heavy atom. The van der Waals surface area contributed by atoms with Crippen LogP contribution in [0.4, 0.5) is 0 Å². The minimum atomic E-state index is -1.70. The molecule has 3 nitrogen and oxygen atoms in total. The van der Waals surface area contributed by atoms with Crippen LogP contribution in [0.2, 0.25) is 18.1 Å². The first-order chi connectivity index (χ1) is 7.26. The van der Waals surface area contributed by atoms with Gasteiger partial charge in [0.05, 0.1) is 19.3 Å². The fraction of sp³-hybridized carbons (Fsp3) is 1.00. The molecular formula is C12H26O3Si. The van der Waals surface area contributed by atoms with Crippen molar-refractivity contribution in [2.45, 2.75) is 51.4 Å². The third kappa shape index (κ3) is 3.55. The van der Waals surface area contributed by atoms with Crippen LogP contribution in [0.15, 0.2) is 0 Å². The zero-order valence-corrected chi connectivity index (χ0v) is 12.2. The van der Waals surface area contributed by atoms with Crippen LogP contribution in [-0.4, -0.2) is 39.3 Å². The molecule has 0 bridgehead atoms. The number of aliphatic hydroxyl groups is 1. The molecule has 0 spiro atoms. The van der Waals surface area contributed by atoms with Gasteiger partial charge < -0.3 is 14.3 Å². The van der Waals surface area contributed by atoms with Crippen molar-refractivity contribution in [2.75, 3.05) is 19.8 Å². The second-order valence-corrected chi connectivity index (χ2v) is 11.1. The Morgan fingerprint density at radius 2 is 1.94 bits per heavy atom. The van der Waals surface area contributed by atoms with Gasteiger partial charge in [0.25, 0.3) is 0 Å². The summed E-state index contributed by atoms with van der Waals surface area (Å²) in [6, 6.07) is 0. The summed E-state index contributed by atoms with van der Waals surface area (Å²) >= 11 is 0. The van der Waals surface area contributed by atoms with Crippen molar-refractivity contribution < 1.29 is 14.3 Å². The number of rotatable bonds is 3. The topological polar surface area (TPSA) is 38.7 Å². The smallest absolute Gasteiger partial charge is 0.192 e. The molecule has 2 unspecified atom stereocenters. The van der Waals surface area contributed by atoms with E-state index in [2.05, 4.69) is 33.9 Å². The van der Waals surface area contributed by atoms with E-state index in [1.54, 1.807) is 0 Å². The maximum atomic E-state index is 9.14. The van der Waals surface area contributed by atoms with Crippen LogP contribution in [0.5, 0.6) is 0 Å². The molecule has 0 aliphatic carbocycles. The SMILES string of the molecule is CC(C)(C)[Si](C)(C)OC1COCC(CO)C1. The molecule has 1 rings (SSSR count). The van der Waals surface area contributed by atoms with E-state index >= 15 is 0 Å². The molecule has 1 saturated heterocycles. The van der Waals surface area contributed by atoms with Crippen molar-refractivity contribution in [2.24, 2.45) is 5.92 Å². The molecule has 0 amide bonds. The lowest BCUT2D eigenvalue weighted by atomic mass is 10.0. The highest BCUT2D eigenvalue weighted by atomic mass is 28.4. The number of ether oxygens (including phenoxy) is 1. The third-order valence-corrected chi connectivity index (χ3v) is 8.31. The van der Waals surface area contributed by atoms with Crippen LogP contribution in [-0.2, 0) is 9.16 Å². The Hall–Kier alpha value is 0.0969. The molecule has 0 aromatic rings. The summed E-state index contributed by atoms with van der Waals surface area (Å²) in [5.41, 5.74) is 0. The van der Waals surface area contributed by atoms with E-state index in [-0.39, 0.29) is 23.7 Å². The number of hydrogen-bond donors (Lipinski definition) is 1. The molecule has 0 aromatic carbocycles. The van der Waals surface area contributed by atoms with Gasteiger partial charge in [-0.15, -0.1) is 0 Å². The predicted molar refractivity (Wildman–Crippen MR) is 68.1 cm³/mol. The van der Waals surface area contributed by atoms with Gasteiger partial charge >= 0.3 is 0 Å². The zero-order valence-electron chi connectivity index (χ0n) is 11.2. The molecular weight excluding hydrogens is 220 g/mol. The standard InChI is InChI=1S/C12H26O3Si/c1-12(2,3)16(4,5)15-11-6-10(7-13)8-14-9-11/h10-11,13H,6-9H2,1-5H3. The van der Waals surface area contributed by atoms with Crippen LogP contribution in [0.25, 0.3) is 0 Å². The Morgan fingerprint density at radius 3 is 2.44 bits per heavy atom. The fourth-order valence-corrected chi connectivity index (χ4v) is 3.03. The average molecular weight is 246 g/mol. The molecule has 1 N–H and O–H groups in total. The quantitative estimate of drug-likeness (QED) is 0.777. The van der Waals surface area contributed by atoms with Gasteiger partial charge in [0.1, 0.15) is 0 Å². The lowest BCUT2D eigenvalue weighted by molar-refractivity contribution is -0.0429. The second kappa shape index (κ2) is 5.17. The van der Waals surface area contributed by atoms with Crippen LogP contribution < -0.4 is 0 Å². The van der Waals surface area contributed by atoms with Crippen molar-refractivity contribution in [1.29, 1.82) is 0 Å². The van der Waals surface area contributed by atoms with Gasteiger partial charge in [0.2, 0.25) is 0 Å². The Bertz CT molecular complexity index is 223. The van der Waals surface area contributed by atoms with Crippen molar-refractivity contribution in [3.8, 4) is 0 Å². The van der Waals surface area contributed by atoms with E-state index in [4.69, 9.17) is 14.3 Å². The summed E-state index contributed by atoms with van der Waals surface area (Å²) in [5, 5.41) is 9.38. The first kappa shape index (κ1) is 14.2. The molecule has 4 heteroatoms. The summed E-state index contributed by atoms with van der Waals surface area (Å²) in [5.74, 6) is 0.253. The van der Waals surface area contributed by atoms with Crippen LogP contribution in [0.3, 0.4) is 0 Å². The molecule has 0 aromatic heterocycles. The van der Waals surface area contributed by atoms with Crippen molar-refractivity contribution in [1.82, 2.24) is 0 Å². The maximum absolute atomic E-state index is 9.14. The van der Waals surface area contributed by atoms with Gasteiger partial charge in [-0.1, -0.05) is 20.8 Å². The molecule has 0 radical (unpaired) electrons. The van der Waals surface area contributed by atoms with E-state index < -0.39 is 8.32 Å². The van der Waals surface area contributed by atoms with E-state index in [9.17, 15) is 0 Å². The van der Waals surface area contributed by atoms with Crippen molar-refractivity contribution in [3.05, 3.63) is 0 Å². The summed E-state index contributed by atoms with van der Waals surface area (Å²) in [6.45, 7) is 12.8. The first-order valence-electron chi connectivity index (χ1n) is 6.12. The van der Waals surface area contributed by atoms with Crippen LogP contribution in [0, 0.1) is 5.92 Å². The van der Waals surface area contributed by atoms with Crippen molar-refractivity contribution in [3.63, 3.8) is 0 Å². The van der Waals surface area contributed by atoms with Gasteiger partial charge in [0, 0.05) is 12.5 Å². The van der Waals surface area contributed by atoms with E-state index in [1.807, 2.05) is 0 Å². The van der Waals surface area contributed by atoms with Gasteiger partial charge in [-0.05, 0) is 24.6 Å². The highest BCUT2D eigenvalue weighted by Gasteiger charge is 2.40. The molecule has 1 fully saturated rings. The van der Waals surface area contributed by atoms with Crippen LogP contribution >= 0.6 is 0 Å². The van der Waals surface area contributed by atoms with E-state index in [1.165, 1.54) is 0 Å². The first-order valence-corrected chi connectivity index (χ1v) is 9.03. The minimum absolute atomic E-state index is 0.173. The lowest BCUT2D eigenvalue weighted by Gasteiger charge is -2.41. The molecule has 2 atom stereocenters. The van der Waals surface area contributed by atoms with Crippen molar-refractivity contribution >= 4 is 8.32 Å². The van der Waals surface area contributed by atoms with Gasteiger partial charge in [0.15, 0.2) is 8.32 Å². The highest BCUT2D eigenvalue weighted by Crippen LogP contribution is 2.38. The maximum Gasteiger partial charge on any atom is 0.192 e. The number of aliphatic hydroxyl groups excluding tert-OH is 1. The lowest BCUT2D eigenvalue weighted by Crippen LogP contribution is -2.47.